The van der Waals surface area contributed by atoms with Gasteiger partial charge in [0, 0.05) is 24.2 Å². The number of nitrogens with zero attached hydrogens (tertiary/aromatic N) is 4. The molecule has 150 valence electrons. The lowest BCUT2D eigenvalue weighted by Gasteiger charge is -2.07. The molecule has 0 spiro atoms. The van der Waals surface area contributed by atoms with E-state index in [9.17, 15) is 22.4 Å². The molecule has 4 aromatic rings. The molecule has 0 unspecified atom stereocenters. The molecule has 0 amide bonds. The zero-order valence-corrected chi connectivity index (χ0v) is 16.3. The number of alkyl halides is 2. The van der Waals surface area contributed by atoms with Crippen LogP contribution in [0.25, 0.3) is 22.5 Å². The highest BCUT2D eigenvalue weighted by molar-refractivity contribution is 9.10. The van der Waals surface area contributed by atoms with Crippen molar-refractivity contribution >= 4 is 27.0 Å². The van der Waals surface area contributed by atoms with Crippen LogP contribution >= 0.6 is 15.9 Å². The smallest absolute Gasteiger partial charge is 0.329 e. The molecule has 0 aliphatic heterocycles. The Hall–Kier alpha value is -2.95. The van der Waals surface area contributed by atoms with Crippen LogP contribution < -0.4 is 5.69 Å². The summed E-state index contributed by atoms with van der Waals surface area (Å²) in [5.74, 6) is -2.38. The number of halogens is 5. The maximum Gasteiger partial charge on any atom is 0.329 e. The largest absolute Gasteiger partial charge is 0.415 e. The first-order valence-electron chi connectivity index (χ1n) is 8.21. The van der Waals surface area contributed by atoms with E-state index in [0.29, 0.717) is 11.0 Å². The van der Waals surface area contributed by atoms with Gasteiger partial charge >= 0.3 is 12.1 Å². The fourth-order valence-electron chi connectivity index (χ4n) is 2.97. The number of benzene rings is 2. The number of hydrogen-bond donors (Lipinski definition) is 0. The van der Waals surface area contributed by atoms with E-state index in [1.54, 1.807) is 0 Å². The van der Waals surface area contributed by atoms with Gasteiger partial charge in [0.15, 0.2) is 0 Å². The quantitative estimate of drug-likeness (QED) is 0.414. The van der Waals surface area contributed by atoms with Crippen molar-refractivity contribution in [3.63, 3.8) is 0 Å². The minimum Gasteiger partial charge on any atom is -0.415 e. The van der Waals surface area contributed by atoms with E-state index in [0.717, 1.165) is 6.07 Å². The molecule has 0 aliphatic rings. The third-order valence-electron chi connectivity index (χ3n) is 4.44. The number of aromatic nitrogens is 4. The second-order valence-electron chi connectivity index (χ2n) is 6.24. The van der Waals surface area contributed by atoms with Crippen molar-refractivity contribution in [2.45, 2.75) is 13.0 Å². The fourth-order valence-corrected chi connectivity index (χ4v) is 3.30. The highest BCUT2D eigenvalue weighted by Gasteiger charge is 2.19. The molecule has 4 rings (SSSR count). The van der Waals surface area contributed by atoms with E-state index < -0.39 is 29.6 Å². The monoisotopic (exact) mass is 470 g/mol. The number of imidazole rings is 1. The Balaban J connectivity index is 1.73. The second kappa shape index (κ2) is 7.14. The first kappa shape index (κ1) is 19.4. The van der Waals surface area contributed by atoms with Gasteiger partial charge in [0.1, 0.15) is 11.6 Å². The Morgan fingerprint density at radius 3 is 2.52 bits per heavy atom. The van der Waals surface area contributed by atoms with Gasteiger partial charge in [-0.15, -0.1) is 10.2 Å². The van der Waals surface area contributed by atoms with Crippen molar-refractivity contribution in [2.24, 2.45) is 7.05 Å². The molecular weight excluding hydrogens is 460 g/mol. The average Bonchev–Trinajstić information content (AvgIpc) is 3.25. The zero-order valence-electron chi connectivity index (χ0n) is 14.7. The molecule has 0 N–H and O–H groups in total. The summed E-state index contributed by atoms with van der Waals surface area (Å²) in [5, 5.41) is 6.67. The molecule has 11 heteroatoms. The van der Waals surface area contributed by atoms with Crippen LogP contribution in [0.2, 0.25) is 0 Å². The molecule has 0 saturated heterocycles. The van der Waals surface area contributed by atoms with Crippen molar-refractivity contribution in [3.05, 3.63) is 68.4 Å². The van der Waals surface area contributed by atoms with Gasteiger partial charge in [0.2, 0.25) is 5.89 Å². The Morgan fingerprint density at radius 2 is 1.86 bits per heavy atom. The summed E-state index contributed by atoms with van der Waals surface area (Å²) in [6.07, 6.45) is -2.93. The van der Waals surface area contributed by atoms with Crippen LogP contribution in [0.4, 0.5) is 17.6 Å². The Labute approximate surface area is 168 Å². The van der Waals surface area contributed by atoms with Crippen LogP contribution in [0.15, 0.2) is 44.0 Å². The topological polar surface area (TPSA) is 65.8 Å². The van der Waals surface area contributed by atoms with Crippen molar-refractivity contribution < 1.29 is 22.0 Å². The molecule has 29 heavy (non-hydrogen) atoms. The van der Waals surface area contributed by atoms with Crippen LogP contribution in [0.3, 0.4) is 0 Å². The maximum absolute atomic E-state index is 14.6. The Kier molecular flexibility index (Phi) is 4.77. The normalized spacial score (nSPS) is 11.7. The zero-order chi connectivity index (χ0) is 20.9. The summed E-state index contributed by atoms with van der Waals surface area (Å²) >= 11 is 3.08. The van der Waals surface area contributed by atoms with Crippen LogP contribution in [0.5, 0.6) is 0 Å². The van der Waals surface area contributed by atoms with Gasteiger partial charge in [-0.25, -0.2) is 13.6 Å². The molecule has 0 aliphatic carbocycles. The van der Waals surface area contributed by atoms with Crippen LogP contribution in [-0.2, 0) is 13.6 Å². The second-order valence-corrected chi connectivity index (χ2v) is 7.09. The summed E-state index contributed by atoms with van der Waals surface area (Å²) in [6.45, 7) is -0.157. The number of hydrogen-bond acceptors (Lipinski definition) is 4. The lowest BCUT2D eigenvalue weighted by Crippen LogP contribution is -2.23. The standard InChI is InChI=1S/C18H11BrF4N4O2/c1-26-13-5-10(19)12(21)6-14(13)27(18(26)28)7-9-3-2-8(4-11(9)20)16-24-25-17(29-16)15(22)23/h2-6,15H,7H2,1H3. The van der Waals surface area contributed by atoms with Crippen molar-refractivity contribution in [2.75, 3.05) is 0 Å². The summed E-state index contributed by atoms with van der Waals surface area (Å²) in [4.78, 5) is 12.5. The minimum atomic E-state index is -2.93. The molecule has 0 radical (unpaired) electrons. The van der Waals surface area contributed by atoms with Gasteiger partial charge in [0.25, 0.3) is 5.89 Å². The fraction of sp³-hybridized carbons (Fsp3) is 0.167. The van der Waals surface area contributed by atoms with Gasteiger partial charge in [-0.05, 0) is 34.1 Å². The first-order chi connectivity index (χ1) is 13.8. The number of aryl methyl sites for hydroxylation is 1. The van der Waals surface area contributed by atoms with Gasteiger partial charge < -0.3 is 4.42 Å². The summed E-state index contributed by atoms with van der Waals surface area (Å²) in [5.41, 5.74) is 0.594. The molecule has 0 atom stereocenters. The Morgan fingerprint density at radius 1 is 1.10 bits per heavy atom. The molecule has 2 heterocycles. The van der Waals surface area contributed by atoms with Crippen molar-refractivity contribution in [3.8, 4) is 11.5 Å². The first-order valence-corrected chi connectivity index (χ1v) is 9.00. The van der Waals surface area contributed by atoms with E-state index in [4.69, 9.17) is 4.42 Å². The average molecular weight is 471 g/mol. The summed E-state index contributed by atoms with van der Waals surface area (Å²) in [7, 11) is 1.53. The van der Waals surface area contributed by atoms with Gasteiger partial charge in [-0.2, -0.15) is 8.78 Å². The van der Waals surface area contributed by atoms with Crippen molar-refractivity contribution in [1.82, 2.24) is 19.3 Å². The Bertz CT molecular complexity index is 1300. The molecular formula is C18H11BrF4N4O2. The number of fused-ring (bicyclic) bond motifs is 1. The third kappa shape index (κ3) is 3.35. The molecule has 0 bridgehead atoms. The highest BCUT2D eigenvalue weighted by Crippen LogP contribution is 2.26. The van der Waals surface area contributed by atoms with Gasteiger partial charge in [-0.1, -0.05) is 6.07 Å². The summed E-state index contributed by atoms with van der Waals surface area (Å²) in [6, 6.07) is 6.49. The van der Waals surface area contributed by atoms with E-state index >= 15 is 0 Å². The predicted octanol–water partition coefficient (Wildman–Crippen LogP) is 4.42. The SMILES string of the molecule is Cn1c(=O)n(Cc2ccc(-c3nnc(C(F)F)o3)cc2F)c2cc(F)c(Br)cc21. The number of rotatable bonds is 4. The molecule has 2 aromatic carbocycles. The van der Waals surface area contributed by atoms with E-state index in [-0.39, 0.29) is 28.0 Å². The van der Waals surface area contributed by atoms with Gasteiger partial charge in [-0.3, -0.25) is 9.13 Å². The third-order valence-corrected chi connectivity index (χ3v) is 5.05. The van der Waals surface area contributed by atoms with Crippen LogP contribution in [0, 0.1) is 11.6 Å². The highest BCUT2D eigenvalue weighted by atomic mass is 79.9. The van der Waals surface area contributed by atoms with E-state index in [1.807, 2.05) is 0 Å². The molecule has 2 aromatic heterocycles. The van der Waals surface area contributed by atoms with Crippen LogP contribution in [-0.4, -0.2) is 19.3 Å². The lowest BCUT2D eigenvalue weighted by molar-refractivity contribution is 0.116. The molecule has 6 nitrogen and oxygen atoms in total. The van der Waals surface area contributed by atoms with E-state index in [2.05, 4.69) is 26.1 Å². The lowest BCUT2D eigenvalue weighted by atomic mass is 10.1. The van der Waals surface area contributed by atoms with Crippen molar-refractivity contribution in [1.29, 1.82) is 0 Å². The maximum atomic E-state index is 14.6. The van der Waals surface area contributed by atoms with Crippen LogP contribution in [0.1, 0.15) is 17.9 Å². The predicted molar refractivity (Wildman–Crippen MR) is 98.6 cm³/mol. The summed E-state index contributed by atoms with van der Waals surface area (Å²) < 4.78 is 61.3. The molecule has 0 fully saturated rings. The van der Waals surface area contributed by atoms with Gasteiger partial charge in [0.05, 0.1) is 22.1 Å². The molecule has 0 saturated carbocycles. The minimum absolute atomic E-state index is 0.117. The van der Waals surface area contributed by atoms with E-state index in [1.165, 1.54) is 40.4 Å².